The second kappa shape index (κ2) is 13.2. The lowest BCUT2D eigenvalue weighted by atomic mass is 9.85. The van der Waals surface area contributed by atoms with Gasteiger partial charge in [-0.3, -0.25) is 9.59 Å². The highest BCUT2D eigenvalue weighted by molar-refractivity contribution is 7.91. The number of benzene rings is 1. The first-order chi connectivity index (χ1) is 21.5. The van der Waals surface area contributed by atoms with Crippen LogP contribution in [0.15, 0.2) is 23.2 Å². The molecule has 2 amide bonds. The van der Waals surface area contributed by atoms with Crippen LogP contribution in [0.5, 0.6) is 0 Å². The number of nitrogens with zero attached hydrogens (tertiary/aromatic N) is 2. The third kappa shape index (κ3) is 7.90. The van der Waals surface area contributed by atoms with Crippen molar-refractivity contribution in [2.45, 2.75) is 95.4 Å². The Bertz CT molecular complexity index is 1570. The summed E-state index contributed by atoms with van der Waals surface area (Å²) >= 11 is 0. The number of aromatic nitrogens is 1. The lowest BCUT2D eigenvalue weighted by Crippen LogP contribution is -2.44. The predicted octanol–water partition coefficient (Wildman–Crippen LogP) is 4.84. The molecule has 2 aliphatic carbocycles. The Kier molecular flexibility index (Phi) is 9.85. The Morgan fingerprint density at radius 3 is 2.37 bits per heavy atom. The number of nitrogens with one attached hydrogen (secondary N) is 2. The molecule has 0 unspecified atom stereocenters. The number of fused-ring (bicyclic) bond motifs is 1. The highest BCUT2D eigenvalue weighted by Crippen LogP contribution is 2.37. The molecule has 0 bridgehead atoms. The fourth-order valence-corrected chi connectivity index (χ4v) is 9.24. The van der Waals surface area contributed by atoms with Gasteiger partial charge in [-0.1, -0.05) is 20.8 Å². The average Bonchev–Trinajstić information content (AvgIpc) is 3.56. The number of amides is 2. The Balaban J connectivity index is 1.26. The number of rotatable bonds is 10. The molecule has 4 N–H and O–H groups in total. The van der Waals surface area contributed by atoms with E-state index in [1.807, 2.05) is 25.7 Å². The second-order valence-corrected chi connectivity index (χ2v) is 16.3. The zero-order valence-corrected chi connectivity index (χ0v) is 27.7. The number of hydrogen-bond acceptors (Lipinski definition) is 6. The average molecular weight is 666 g/mol. The normalized spacial score (nSPS) is 22.0. The monoisotopic (exact) mass is 665 g/mol. The number of carbonyl (C=O) groups excluding carboxylic acids is 2. The fraction of sp³-hybridized carbons (Fsp3) is 0.636. The topological polar surface area (TPSA) is 127 Å². The molecule has 2 fully saturated rings. The van der Waals surface area contributed by atoms with Crippen molar-refractivity contribution in [1.82, 2.24) is 14.8 Å². The number of nitrogens with two attached hydrogens (primary N) is 1. The molecule has 1 aromatic heterocycles. The maximum Gasteiger partial charge on any atom is 0.253 e. The number of halogens is 3. The quantitative estimate of drug-likeness (QED) is 0.334. The van der Waals surface area contributed by atoms with E-state index in [1.165, 1.54) is 6.07 Å². The summed E-state index contributed by atoms with van der Waals surface area (Å²) in [5.74, 6) is -4.58. The van der Waals surface area contributed by atoms with E-state index >= 15 is 4.39 Å². The predicted molar refractivity (Wildman–Crippen MR) is 171 cm³/mol. The van der Waals surface area contributed by atoms with Crippen LogP contribution in [0.4, 0.5) is 18.9 Å². The van der Waals surface area contributed by atoms with Crippen LogP contribution in [0.2, 0.25) is 0 Å². The standard InChI is InChI=1S/C33H46F3N5O4S/c1-32(2,3)20-46(44,45)28-19-41(27-6-4-5-24(27)28)23-17-25(34)29(30(37)42)26(18-23)39-22-9-7-21(8-10-22)31(43)38-13-16-40-14-11-33(35,36)12-15-40/h17-19,21-22,39H,4-16,20H2,1-3H3,(H2,37,42)(H,38,43). The van der Waals surface area contributed by atoms with Crippen LogP contribution < -0.4 is 16.4 Å². The molecule has 1 saturated carbocycles. The van der Waals surface area contributed by atoms with Crippen molar-refractivity contribution in [3.05, 3.63) is 41.0 Å². The molecule has 0 radical (unpaired) electrons. The van der Waals surface area contributed by atoms with Crippen molar-refractivity contribution in [3.8, 4) is 5.69 Å². The first-order valence-corrected chi connectivity index (χ1v) is 17.9. The zero-order valence-electron chi connectivity index (χ0n) is 26.9. The van der Waals surface area contributed by atoms with E-state index < -0.39 is 32.9 Å². The van der Waals surface area contributed by atoms with Crippen molar-refractivity contribution in [1.29, 1.82) is 0 Å². The van der Waals surface area contributed by atoms with Crippen molar-refractivity contribution in [2.24, 2.45) is 17.1 Å². The summed E-state index contributed by atoms with van der Waals surface area (Å²) in [4.78, 5) is 27.4. The number of hydrogen-bond donors (Lipinski definition) is 3. The molecule has 1 saturated heterocycles. The number of likely N-dealkylation sites (tertiary alicyclic amines) is 1. The van der Waals surface area contributed by atoms with Crippen molar-refractivity contribution in [2.75, 3.05) is 37.2 Å². The maximum absolute atomic E-state index is 15.5. The Hall–Kier alpha value is -3.06. The number of sulfone groups is 1. The minimum Gasteiger partial charge on any atom is -0.382 e. The summed E-state index contributed by atoms with van der Waals surface area (Å²) in [5, 5.41) is 6.24. The Morgan fingerprint density at radius 1 is 1.07 bits per heavy atom. The molecular formula is C33H46F3N5O4S. The van der Waals surface area contributed by atoms with E-state index in [1.54, 1.807) is 16.8 Å². The van der Waals surface area contributed by atoms with E-state index in [0.717, 1.165) is 17.7 Å². The molecule has 254 valence electrons. The van der Waals surface area contributed by atoms with Gasteiger partial charge < -0.3 is 25.8 Å². The first kappa shape index (κ1) is 34.3. The van der Waals surface area contributed by atoms with Gasteiger partial charge in [-0.25, -0.2) is 21.6 Å². The molecule has 0 atom stereocenters. The van der Waals surface area contributed by atoms with Gasteiger partial charge in [0.2, 0.25) is 5.91 Å². The lowest BCUT2D eigenvalue weighted by Gasteiger charge is -2.32. The van der Waals surface area contributed by atoms with Crippen LogP contribution in [0.1, 0.15) is 87.3 Å². The molecule has 13 heteroatoms. The van der Waals surface area contributed by atoms with Crippen LogP contribution in [-0.4, -0.2) is 73.6 Å². The molecular weight excluding hydrogens is 619 g/mol. The molecule has 5 rings (SSSR count). The molecule has 9 nitrogen and oxygen atoms in total. The van der Waals surface area contributed by atoms with E-state index in [4.69, 9.17) is 5.73 Å². The van der Waals surface area contributed by atoms with Gasteiger partial charge in [-0.05, 0) is 68.1 Å². The van der Waals surface area contributed by atoms with Crippen LogP contribution in [0.25, 0.3) is 5.69 Å². The highest BCUT2D eigenvalue weighted by atomic mass is 32.2. The van der Waals surface area contributed by atoms with Gasteiger partial charge in [0.05, 0.1) is 27.6 Å². The van der Waals surface area contributed by atoms with Gasteiger partial charge in [0.1, 0.15) is 5.82 Å². The van der Waals surface area contributed by atoms with Crippen LogP contribution >= 0.6 is 0 Å². The summed E-state index contributed by atoms with van der Waals surface area (Å²) in [6, 6.07) is 2.74. The Morgan fingerprint density at radius 2 is 1.74 bits per heavy atom. The molecule has 1 aliphatic heterocycles. The van der Waals surface area contributed by atoms with E-state index in [9.17, 15) is 26.8 Å². The summed E-state index contributed by atoms with van der Waals surface area (Å²) in [5.41, 5.74) is 7.14. The minimum absolute atomic E-state index is 0.0150. The van der Waals surface area contributed by atoms with Crippen molar-refractivity contribution >= 4 is 27.3 Å². The molecule has 2 aromatic rings. The van der Waals surface area contributed by atoms with Gasteiger partial charge in [0, 0.05) is 62.9 Å². The third-order valence-corrected chi connectivity index (χ3v) is 11.6. The first-order valence-electron chi connectivity index (χ1n) is 16.3. The summed E-state index contributed by atoms with van der Waals surface area (Å²) in [6.45, 7) is 7.20. The van der Waals surface area contributed by atoms with Crippen LogP contribution in [0, 0.1) is 17.2 Å². The van der Waals surface area contributed by atoms with Crippen molar-refractivity contribution in [3.63, 3.8) is 0 Å². The van der Waals surface area contributed by atoms with E-state index in [0.29, 0.717) is 70.4 Å². The zero-order chi connectivity index (χ0) is 33.4. The highest BCUT2D eigenvalue weighted by Gasteiger charge is 2.35. The molecule has 3 aliphatic rings. The third-order valence-electron chi connectivity index (χ3n) is 9.35. The van der Waals surface area contributed by atoms with Gasteiger partial charge >= 0.3 is 0 Å². The fourth-order valence-electron chi connectivity index (χ4n) is 7.08. The molecule has 1 aromatic carbocycles. The lowest BCUT2D eigenvalue weighted by molar-refractivity contribution is -0.126. The minimum atomic E-state index is -3.59. The maximum atomic E-state index is 15.5. The number of primary amides is 1. The smallest absolute Gasteiger partial charge is 0.253 e. The van der Waals surface area contributed by atoms with E-state index in [2.05, 4.69) is 10.6 Å². The summed E-state index contributed by atoms with van der Waals surface area (Å²) < 4.78 is 70.8. The number of piperidine rings is 1. The summed E-state index contributed by atoms with van der Waals surface area (Å²) in [7, 11) is -3.59. The van der Waals surface area contributed by atoms with E-state index in [-0.39, 0.29) is 52.6 Å². The van der Waals surface area contributed by atoms with Gasteiger partial charge in [-0.2, -0.15) is 0 Å². The van der Waals surface area contributed by atoms with Gasteiger partial charge in [0.25, 0.3) is 11.8 Å². The number of carbonyl (C=O) groups is 2. The summed E-state index contributed by atoms with van der Waals surface area (Å²) in [6.07, 6.45) is 5.75. The Labute approximate surface area is 269 Å². The molecule has 46 heavy (non-hydrogen) atoms. The van der Waals surface area contributed by atoms with Gasteiger partial charge in [-0.15, -0.1) is 0 Å². The van der Waals surface area contributed by atoms with Crippen molar-refractivity contribution < 1.29 is 31.2 Å². The second-order valence-electron chi connectivity index (χ2n) is 14.4. The van der Waals surface area contributed by atoms with Crippen LogP contribution in [-0.2, 0) is 27.5 Å². The molecule has 0 spiro atoms. The number of alkyl halides is 2. The number of anilines is 1. The van der Waals surface area contributed by atoms with Gasteiger partial charge in [0.15, 0.2) is 9.84 Å². The van der Waals surface area contributed by atoms with Crippen LogP contribution in [0.3, 0.4) is 0 Å². The molecule has 2 heterocycles. The largest absolute Gasteiger partial charge is 0.382 e. The SMILES string of the molecule is CC(C)(C)CS(=O)(=O)c1cn(-c2cc(F)c(C(N)=O)c(NC3CCC(C(=O)NCCN4CCC(F)(F)CC4)CC3)c2)c2c1CCC2.